The molecule has 0 atom stereocenters. The largest absolute Gasteiger partial charge is 0.337 e. The van der Waals surface area contributed by atoms with Gasteiger partial charge in [-0.1, -0.05) is 53.5 Å². The molecule has 3 rings (SSSR count). The van der Waals surface area contributed by atoms with Crippen LogP contribution < -0.4 is 5.32 Å². The van der Waals surface area contributed by atoms with Gasteiger partial charge in [0, 0.05) is 10.6 Å². The Morgan fingerprint density at radius 3 is 2.45 bits per heavy atom. The summed E-state index contributed by atoms with van der Waals surface area (Å²) in [6.07, 6.45) is 0. The monoisotopic (exact) mass is 326 g/mol. The summed E-state index contributed by atoms with van der Waals surface area (Å²) in [6, 6.07) is 11.8. The average molecular weight is 327 g/mol. The molecule has 7 heteroatoms. The number of nitrogens with one attached hydrogen (secondary N) is 1. The van der Waals surface area contributed by atoms with Crippen molar-refractivity contribution in [2.75, 3.05) is 5.32 Å². The van der Waals surface area contributed by atoms with Crippen LogP contribution in [0.2, 0.25) is 10.0 Å². The summed E-state index contributed by atoms with van der Waals surface area (Å²) >= 11 is 11.9. The molecule has 1 aliphatic rings. The van der Waals surface area contributed by atoms with Gasteiger partial charge in [-0.2, -0.15) is 8.42 Å². The van der Waals surface area contributed by atoms with Crippen LogP contribution in [0.25, 0.3) is 0 Å². The zero-order chi connectivity index (χ0) is 14.3. The van der Waals surface area contributed by atoms with Crippen molar-refractivity contribution in [1.29, 1.82) is 0 Å². The van der Waals surface area contributed by atoms with E-state index in [4.69, 9.17) is 23.2 Å². The summed E-state index contributed by atoms with van der Waals surface area (Å²) in [4.78, 5) is -0.0188. The number of hydrogen-bond acceptors (Lipinski definition) is 3. The Balaban J connectivity index is 2.21. The molecule has 102 valence electrons. The maximum atomic E-state index is 12.2. The second kappa shape index (κ2) is 4.77. The number of halogens is 2. The van der Waals surface area contributed by atoms with Gasteiger partial charge >= 0.3 is 0 Å². The predicted octanol–water partition coefficient (Wildman–Crippen LogP) is 3.55. The van der Waals surface area contributed by atoms with Gasteiger partial charge in [0.2, 0.25) is 0 Å². The second-order valence-corrected chi connectivity index (χ2v) is 6.58. The van der Waals surface area contributed by atoms with E-state index >= 15 is 0 Å². The fraction of sp³-hybridized carbons (Fsp3) is 0. The fourth-order valence-corrected chi connectivity index (χ4v) is 3.75. The SMILES string of the molecule is O=S1(=O)N=C(c2ccccc2)Nc2c(Cl)cc(Cl)cc21. The van der Waals surface area contributed by atoms with Crippen molar-refractivity contribution in [3.63, 3.8) is 0 Å². The zero-order valence-corrected chi connectivity index (χ0v) is 12.3. The molecule has 0 radical (unpaired) electrons. The van der Waals surface area contributed by atoms with E-state index in [1.54, 1.807) is 24.3 Å². The summed E-state index contributed by atoms with van der Waals surface area (Å²) in [7, 11) is -3.83. The molecule has 0 amide bonds. The Hall–Kier alpha value is -1.56. The minimum absolute atomic E-state index is 0.0188. The van der Waals surface area contributed by atoms with Crippen LogP contribution in [0.1, 0.15) is 5.56 Å². The van der Waals surface area contributed by atoms with Crippen LogP contribution in [0.5, 0.6) is 0 Å². The summed E-state index contributed by atoms with van der Waals surface area (Å²) in [5, 5.41) is 3.43. The van der Waals surface area contributed by atoms with Gasteiger partial charge in [-0.3, -0.25) is 0 Å². The molecule has 0 saturated heterocycles. The van der Waals surface area contributed by atoms with E-state index in [2.05, 4.69) is 9.71 Å². The first-order valence-corrected chi connectivity index (χ1v) is 7.83. The number of sulfonamides is 1. The number of hydrogen-bond donors (Lipinski definition) is 1. The highest BCUT2D eigenvalue weighted by Crippen LogP contribution is 2.37. The predicted molar refractivity (Wildman–Crippen MR) is 80.2 cm³/mol. The fourth-order valence-electron chi connectivity index (χ4n) is 1.91. The molecule has 2 aromatic rings. The van der Waals surface area contributed by atoms with Crippen molar-refractivity contribution in [2.45, 2.75) is 4.90 Å². The molecular weight excluding hydrogens is 319 g/mol. The lowest BCUT2D eigenvalue weighted by Crippen LogP contribution is -2.22. The van der Waals surface area contributed by atoms with E-state index in [0.29, 0.717) is 11.3 Å². The number of rotatable bonds is 1. The Morgan fingerprint density at radius 2 is 1.75 bits per heavy atom. The standard InChI is InChI=1S/C13H8Cl2N2O2S/c14-9-6-10(15)12-11(7-9)20(18,19)17-13(16-12)8-4-2-1-3-5-8/h1-7H,(H,16,17). The number of anilines is 1. The van der Waals surface area contributed by atoms with Crippen molar-refractivity contribution in [3.8, 4) is 0 Å². The van der Waals surface area contributed by atoms with Gasteiger partial charge in [0.05, 0.1) is 10.7 Å². The summed E-state index contributed by atoms with van der Waals surface area (Å²) in [5.74, 6) is 0.238. The Kier molecular flexibility index (Phi) is 3.20. The van der Waals surface area contributed by atoms with Gasteiger partial charge in [-0.05, 0) is 12.1 Å². The van der Waals surface area contributed by atoms with Gasteiger partial charge in [-0.25, -0.2) is 0 Å². The van der Waals surface area contributed by atoms with E-state index in [9.17, 15) is 8.42 Å². The Labute approximate surface area is 126 Å². The molecule has 0 fully saturated rings. The van der Waals surface area contributed by atoms with Gasteiger partial charge in [0.1, 0.15) is 4.90 Å². The summed E-state index contributed by atoms with van der Waals surface area (Å²) in [6.45, 7) is 0. The highest BCUT2D eigenvalue weighted by atomic mass is 35.5. The third kappa shape index (κ3) is 2.28. The van der Waals surface area contributed by atoms with E-state index in [1.807, 2.05) is 6.07 Å². The molecule has 4 nitrogen and oxygen atoms in total. The van der Waals surface area contributed by atoms with Crippen molar-refractivity contribution < 1.29 is 8.42 Å². The van der Waals surface area contributed by atoms with Crippen molar-refractivity contribution in [1.82, 2.24) is 0 Å². The lowest BCUT2D eigenvalue weighted by atomic mass is 10.2. The molecule has 20 heavy (non-hydrogen) atoms. The first kappa shape index (κ1) is 13.4. The molecule has 0 unspecified atom stereocenters. The van der Waals surface area contributed by atoms with Crippen molar-refractivity contribution in [3.05, 3.63) is 58.1 Å². The van der Waals surface area contributed by atoms with Crippen LogP contribution in [-0.4, -0.2) is 14.3 Å². The number of amidine groups is 1. The van der Waals surface area contributed by atoms with Crippen LogP contribution in [-0.2, 0) is 10.0 Å². The smallest absolute Gasteiger partial charge is 0.286 e. The van der Waals surface area contributed by atoms with Crippen LogP contribution in [0.4, 0.5) is 5.69 Å². The number of nitrogens with zero attached hydrogens (tertiary/aromatic N) is 1. The molecule has 0 aliphatic carbocycles. The molecule has 1 aliphatic heterocycles. The lowest BCUT2D eigenvalue weighted by Gasteiger charge is -2.19. The zero-order valence-electron chi connectivity index (χ0n) is 9.97. The molecular formula is C13H8Cl2N2O2S. The van der Waals surface area contributed by atoms with E-state index in [1.165, 1.54) is 12.1 Å². The first-order valence-electron chi connectivity index (χ1n) is 5.64. The third-order valence-electron chi connectivity index (χ3n) is 2.80. The van der Waals surface area contributed by atoms with Crippen LogP contribution in [0.15, 0.2) is 51.8 Å². The second-order valence-electron chi connectivity index (χ2n) is 4.17. The highest BCUT2D eigenvalue weighted by molar-refractivity contribution is 7.90. The molecule has 0 spiro atoms. The quantitative estimate of drug-likeness (QED) is 0.871. The minimum Gasteiger partial charge on any atom is -0.337 e. The Bertz CT molecular complexity index is 818. The van der Waals surface area contributed by atoms with Gasteiger partial charge in [0.15, 0.2) is 5.84 Å². The topological polar surface area (TPSA) is 58.5 Å². The van der Waals surface area contributed by atoms with Crippen LogP contribution >= 0.6 is 23.2 Å². The van der Waals surface area contributed by atoms with Crippen molar-refractivity contribution in [2.24, 2.45) is 4.40 Å². The van der Waals surface area contributed by atoms with Gasteiger partial charge in [-0.15, -0.1) is 4.40 Å². The van der Waals surface area contributed by atoms with Crippen LogP contribution in [0.3, 0.4) is 0 Å². The molecule has 1 N–H and O–H groups in total. The minimum atomic E-state index is -3.83. The van der Waals surface area contributed by atoms with Crippen LogP contribution in [0, 0.1) is 0 Å². The van der Waals surface area contributed by atoms with Crippen molar-refractivity contribution >= 4 is 44.7 Å². The first-order chi connectivity index (χ1) is 9.47. The lowest BCUT2D eigenvalue weighted by molar-refractivity contribution is 0.598. The average Bonchev–Trinajstić information content (AvgIpc) is 2.40. The third-order valence-corrected chi connectivity index (χ3v) is 4.62. The molecule has 0 saturated carbocycles. The maximum Gasteiger partial charge on any atom is 0.286 e. The maximum absolute atomic E-state index is 12.2. The van der Waals surface area contributed by atoms with E-state index < -0.39 is 10.0 Å². The van der Waals surface area contributed by atoms with E-state index in [0.717, 1.165) is 0 Å². The molecule has 0 aromatic heterocycles. The number of benzene rings is 2. The highest BCUT2D eigenvalue weighted by Gasteiger charge is 2.27. The normalized spacial score (nSPS) is 16.0. The molecule has 2 aromatic carbocycles. The summed E-state index contributed by atoms with van der Waals surface area (Å²) < 4.78 is 28.2. The molecule has 0 bridgehead atoms. The van der Waals surface area contributed by atoms with E-state index in [-0.39, 0.29) is 20.8 Å². The number of fused-ring (bicyclic) bond motifs is 1. The van der Waals surface area contributed by atoms with Gasteiger partial charge < -0.3 is 5.32 Å². The summed E-state index contributed by atoms with van der Waals surface area (Å²) in [5.41, 5.74) is 0.956. The van der Waals surface area contributed by atoms with Gasteiger partial charge in [0.25, 0.3) is 10.0 Å². The molecule has 1 heterocycles. The Morgan fingerprint density at radius 1 is 1.05 bits per heavy atom.